The number of ether oxygens (including phenoxy) is 1. The molecule has 1 aliphatic rings. The highest BCUT2D eigenvalue weighted by Gasteiger charge is 2.20. The predicted molar refractivity (Wildman–Crippen MR) is 83.0 cm³/mol. The molecule has 1 aliphatic heterocycles. The highest BCUT2D eigenvalue weighted by molar-refractivity contribution is 5.30. The topological polar surface area (TPSA) is 53.1 Å². The van der Waals surface area contributed by atoms with Crippen LogP contribution < -0.4 is 5.73 Å². The molecule has 0 fully saturated rings. The zero-order valence-corrected chi connectivity index (χ0v) is 12.5. The van der Waals surface area contributed by atoms with E-state index in [2.05, 4.69) is 46.9 Å². The lowest BCUT2D eigenvalue weighted by atomic mass is 9.97. The number of aromatic nitrogens is 2. The third-order valence-corrected chi connectivity index (χ3v) is 4.15. The number of imidazole rings is 1. The largest absolute Gasteiger partial charge is 0.371 e. The molecule has 0 aliphatic carbocycles. The summed E-state index contributed by atoms with van der Waals surface area (Å²) in [7, 11) is 0. The van der Waals surface area contributed by atoms with Gasteiger partial charge < -0.3 is 15.0 Å². The summed E-state index contributed by atoms with van der Waals surface area (Å²) in [5, 5.41) is 0. The predicted octanol–water partition coefficient (Wildman–Crippen LogP) is 2.48. The summed E-state index contributed by atoms with van der Waals surface area (Å²) in [5.74, 6) is 0. The standard InChI is InChI=1S/C17H23N3O/c1-2-14(18)9-15-10-20(12-19-15)11-17-16-6-4-3-5-13(16)7-8-21-17/h3-6,10,12,14,17H,2,7-9,11,18H2,1H3. The molecule has 0 radical (unpaired) electrons. The Hall–Kier alpha value is -1.65. The summed E-state index contributed by atoms with van der Waals surface area (Å²) < 4.78 is 8.06. The van der Waals surface area contributed by atoms with E-state index in [0.717, 1.165) is 38.1 Å². The van der Waals surface area contributed by atoms with Crippen LogP contribution in [0.5, 0.6) is 0 Å². The second kappa shape index (κ2) is 6.41. The van der Waals surface area contributed by atoms with Crippen molar-refractivity contribution < 1.29 is 4.74 Å². The molecule has 0 saturated heterocycles. The Morgan fingerprint density at radius 3 is 3.14 bits per heavy atom. The summed E-state index contributed by atoms with van der Waals surface area (Å²) in [6.07, 6.45) is 6.93. The molecule has 21 heavy (non-hydrogen) atoms. The zero-order chi connectivity index (χ0) is 14.7. The highest BCUT2D eigenvalue weighted by atomic mass is 16.5. The summed E-state index contributed by atoms with van der Waals surface area (Å²) in [6.45, 7) is 3.71. The fraction of sp³-hybridized carbons (Fsp3) is 0.471. The molecule has 0 saturated carbocycles. The first kappa shape index (κ1) is 14.3. The van der Waals surface area contributed by atoms with Gasteiger partial charge in [-0.25, -0.2) is 4.98 Å². The van der Waals surface area contributed by atoms with Crippen LogP contribution in [0.25, 0.3) is 0 Å². The molecule has 2 N–H and O–H groups in total. The van der Waals surface area contributed by atoms with Crippen LogP contribution in [-0.4, -0.2) is 22.2 Å². The third kappa shape index (κ3) is 3.34. The van der Waals surface area contributed by atoms with Gasteiger partial charge in [0.15, 0.2) is 0 Å². The second-order valence-corrected chi connectivity index (χ2v) is 5.74. The maximum absolute atomic E-state index is 5.99. The van der Waals surface area contributed by atoms with E-state index >= 15 is 0 Å². The van der Waals surface area contributed by atoms with Crippen molar-refractivity contribution in [2.75, 3.05) is 6.61 Å². The third-order valence-electron chi connectivity index (χ3n) is 4.15. The van der Waals surface area contributed by atoms with Crippen molar-refractivity contribution in [2.45, 2.75) is 44.9 Å². The van der Waals surface area contributed by atoms with E-state index in [9.17, 15) is 0 Å². The number of hydrogen-bond acceptors (Lipinski definition) is 3. The van der Waals surface area contributed by atoms with Gasteiger partial charge in [0.1, 0.15) is 6.10 Å². The molecular formula is C17H23N3O. The quantitative estimate of drug-likeness (QED) is 0.918. The fourth-order valence-electron chi connectivity index (χ4n) is 2.84. The maximum atomic E-state index is 5.99. The van der Waals surface area contributed by atoms with Gasteiger partial charge in [0.05, 0.1) is 25.2 Å². The number of benzene rings is 1. The first-order chi connectivity index (χ1) is 10.3. The number of fused-ring (bicyclic) bond motifs is 1. The molecule has 0 amide bonds. The van der Waals surface area contributed by atoms with Gasteiger partial charge in [0.25, 0.3) is 0 Å². The smallest absolute Gasteiger partial charge is 0.101 e. The van der Waals surface area contributed by atoms with Gasteiger partial charge in [-0.1, -0.05) is 31.2 Å². The molecule has 0 spiro atoms. The molecule has 2 unspecified atom stereocenters. The van der Waals surface area contributed by atoms with E-state index in [4.69, 9.17) is 10.5 Å². The van der Waals surface area contributed by atoms with Crippen LogP contribution in [0.4, 0.5) is 0 Å². The number of nitrogens with zero attached hydrogens (tertiary/aromatic N) is 2. The Kier molecular flexibility index (Phi) is 4.36. The molecule has 1 aromatic carbocycles. The molecule has 2 aromatic rings. The SMILES string of the molecule is CCC(N)Cc1cn(CC2OCCc3ccccc32)cn1. The van der Waals surface area contributed by atoms with Gasteiger partial charge in [-0.3, -0.25) is 0 Å². The van der Waals surface area contributed by atoms with E-state index in [1.807, 2.05) is 6.33 Å². The van der Waals surface area contributed by atoms with Crippen LogP contribution in [0.1, 0.15) is 36.3 Å². The van der Waals surface area contributed by atoms with Crippen LogP contribution in [0, 0.1) is 0 Å². The molecule has 3 rings (SSSR count). The minimum atomic E-state index is 0.122. The maximum Gasteiger partial charge on any atom is 0.101 e. The summed E-state index contributed by atoms with van der Waals surface area (Å²) >= 11 is 0. The molecule has 4 nitrogen and oxygen atoms in total. The van der Waals surface area contributed by atoms with E-state index < -0.39 is 0 Å². The molecule has 1 aromatic heterocycles. The van der Waals surface area contributed by atoms with Crippen LogP contribution in [0.15, 0.2) is 36.8 Å². The first-order valence-electron chi connectivity index (χ1n) is 7.72. The van der Waals surface area contributed by atoms with E-state index in [1.54, 1.807) is 0 Å². The van der Waals surface area contributed by atoms with E-state index in [-0.39, 0.29) is 12.1 Å². The molecular weight excluding hydrogens is 262 g/mol. The van der Waals surface area contributed by atoms with Crippen molar-refractivity contribution in [3.63, 3.8) is 0 Å². The number of nitrogens with two attached hydrogens (primary N) is 1. The Morgan fingerprint density at radius 1 is 1.43 bits per heavy atom. The van der Waals surface area contributed by atoms with Crippen molar-refractivity contribution in [2.24, 2.45) is 5.73 Å². The van der Waals surface area contributed by atoms with Gasteiger partial charge in [-0.15, -0.1) is 0 Å². The lowest BCUT2D eigenvalue weighted by Gasteiger charge is -2.26. The monoisotopic (exact) mass is 285 g/mol. The Balaban J connectivity index is 1.70. The Labute approximate surface area is 125 Å². The summed E-state index contributed by atoms with van der Waals surface area (Å²) in [6, 6.07) is 8.75. The average molecular weight is 285 g/mol. The Bertz CT molecular complexity index is 593. The molecule has 4 heteroatoms. The van der Waals surface area contributed by atoms with Gasteiger partial charge in [-0.05, 0) is 24.0 Å². The summed E-state index contributed by atoms with van der Waals surface area (Å²) in [4.78, 5) is 4.45. The number of rotatable bonds is 5. The van der Waals surface area contributed by atoms with Crippen molar-refractivity contribution in [3.8, 4) is 0 Å². The summed E-state index contributed by atoms with van der Waals surface area (Å²) in [5.41, 5.74) is 9.77. The minimum Gasteiger partial charge on any atom is -0.371 e. The van der Waals surface area contributed by atoms with E-state index in [0.29, 0.717) is 0 Å². The molecule has 112 valence electrons. The molecule has 0 bridgehead atoms. The Morgan fingerprint density at radius 2 is 2.29 bits per heavy atom. The van der Waals surface area contributed by atoms with Crippen LogP contribution in [0.3, 0.4) is 0 Å². The van der Waals surface area contributed by atoms with Crippen LogP contribution in [-0.2, 0) is 24.1 Å². The lowest BCUT2D eigenvalue weighted by Crippen LogP contribution is -2.21. The van der Waals surface area contributed by atoms with Gasteiger partial charge in [0, 0.05) is 18.7 Å². The van der Waals surface area contributed by atoms with Crippen molar-refractivity contribution in [1.29, 1.82) is 0 Å². The highest BCUT2D eigenvalue weighted by Crippen LogP contribution is 2.28. The second-order valence-electron chi connectivity index (χ2n) is 5.74. The van der Waals surface area contributed by atoms with Gasteiger partial charge >= 0.3 is 0 Å². The van der Waals surface area contributed by atoms with Crippen molar-refractivity contribution in [3.05, 3.63) is 53.6 Å². The van der Waals surface area contributed by atoms with E-state index in [1.165, 1.54) is 11.1 Å². The van der Waals surface area contributed by atoms with Gasteiger partial charge in [0.2, 0.25) is 0 Å². The molecule has 2 atom stereocenters. The zero-order valence-electron chi connectivity index (χ0n) is 12.5. The van der Waals surface area contributed by atoms with Crippen molar-refractivity contribution in [1.82, 2.24) is 9.55 Å². The van der Waals surface area contributed by atoms with Crippen LogP contribution >= 0.6 is 0 Å². The average Bonchev–Trinajstić information content (AvgIpc) is 2.94. The first-order valence-corrected chi connectivity index (χ1v) is 7.72. The van der Waals surface area contributed by atoms with Gasteiger partial charge in [-0.2, -0.15) is 0 Å². The number of hydrogen-bond donors (Lipinski definition) is 1. The van der Waals surface area contributed by atoms with Crippen LogP contribution in [0.2, 0.25) is 0 Å². The lowest BCUT2D eigenvalue weighted by molar-refractivity contribution is 0.0306. The molecule has 2 heterocycles. The van der Waals surface area contributed by atoms with Crippen molar-refractivity contribution >= 4 is 0 Å². The normalized spacial score (nSPS) is 19.2. The fourth-order valence-corrected chi connectivity index (χ4v) is 2.84. The minimum absolute atomic E-state index is 0.122.